The maximum absolute atomic E-state index is 6.18. The Balaban J connectivity index is 1.49. The molecule has 3 N–H and O–H groups in total. The van der Waals surface area contributed by atoms with Crippen molar-refractivity contribution in [3.8, 4) is 0 Å². The smallest absolute Gasteiger partial charge is 0.151 e. The van der Waals surface area contributed by atoms with E-state index >= 15 is 0 Å². The summed E-state index contributed by atoms with van der Waals surface area (Å²) in [6.07, 6.45) is 9.96. The number of anilines is 1. The van der Waals surface area contributed by atoms with E-state index in [4.69, 9.17) is 10.7 Å². The van der Waals surface area contributed by atoms with Gasteiger partial charge >= 0.3 is 0 Å². The molecule has 0 amide bonds. The molecule has 1 aromatic carbocycles. The lowest BCUT2D eigenvalue weighted by molar-refractivity contribution is 0.331. The van der Waals surface area contributed by atoms with Gasteiger partial charge in [-0.15, -0.1) is 0 Å². The van der Waals surface area contributed by atoms with E-state index in [1.807, 2.05) is 6.20 Å². The molecule has 1 fully saturated rings. The van der Waals surface area contributed by atoms with Crippen molar-refractivity contribution >= 4 is 16.9 Å². The number of likely N-dealkylation sites (tertiary alicyclic amines) is 1. The summed E-state index contributed by atoms with van der Waals surface area (Å²) < 4.78 is 0. The van der Waals surface area contributed by atoms with Crippen LogP contribution >= 0.6 is 0 Å². The lowest BCUT2D eigenvalue weighted by Crippen LogP contribution is -2.18. The molecule has 3 aromatic rings. The van der Waals surface area contributed by atoms with Crippen molar-refractivity contribution in [2.45, 2.75) is 58.4 Å². The number of aryl methyl sites for hydroxylation is 1. The molecule has 1 aliphatic rings. The van der Waals surface area contributed by atoms with Gasteiger partial charge < -0.3 is 10.7 Å². The van der Waals surface area contributed by atoms with Crippen LogP contribution in [0.4, 0.5) is 5.82 Å². The quantitative estimate of drug-likeness (QED) is 0.569. The summed E-state index contributed by atoms with van der Waals surface area (Å²) in [6.45, 7) is 5.74. The van der Waals surface area contributed by atoms with E-state index in [9.17, 15) is 0 Å². The van der Waals surface area contributed by atoms with Gasteiger partial charge in [0.15, 0.2) is 5.82 Å². The molecule has 5 heteroatoms. The second-order valence-corrected chi connectivity index (χ2v) is 8.00. The molecule has 0 unspecified atom stereocenters. The van der Waals surface area contributed by atoms with E-state index in [2.05, 4.69) is 46.1 Å². The van der Waals surface area contributed by atoms with E-state index in [1.165, 1.54) is 55.5 Å². The molecule has 148 valence electrons. The molecule has 1 saturated heterocycles. The van der Waals surface area contributed by atoms with Crippen LogP contribution in [0, 0.1) is 0 Å². The summed E-state index contributed by atoms with van der Waals surface area (Å²) in [4.78, 5) is 15.1. The maximum Gasteiger partial charge on any atom is 0.151 e. The zero-order valence-electron chi connectivity index (χ0n) is 16.9. The molecule has 3 heterocycles. The molecule has 0 bridgehead atoms. The number of aromatic amines is 1. The molecule has 2 aromatic heterocycles. The van der Waals surface area contributed by atoms with Crippen molar-refractivity contribution < 1.29 is 0 Å². The van der Waals surface area contributed by atoms with E-state index < -0.39 is 0 Å². The van der Waals surface area contributed by atoms with Crippen molar-refractivity contribution in [3.63, 3.8) is 0 Å². The van der Waals surface area contributed by atoms with E-state index in [0.29, 0.717) is 5.82 Å². The monoisotopic (exact) mass is 377 g/mol. The second kappa shape index (κ2) is 8.74. The normalized spacial score (nSPS) is 14.9. The van der Waals surface area contributed by atoms with Gasteiger partial charge in [-0.25, -0.2) is 9.97 Å². The number of nitrogen functional groups attached to an aromatic ring is 1. The summed E-state index contributed by atoms with van der Waals surface area (Å²) >= 11 is 0. The first-order chi connectivity index (χ1) is 13.7. The van der Waals surface area contributed by atoms with Gasteiger partial charge in [-0.1, -0.05) is 44.0 Å². The Labute approximate surface area is 167 Å². The van der Waals surface area contributed by atoms with Gasteiger partial charge in [-0.3, -0.25) is 4.90 Å². The van der Waals surface area contributed by atoms with Crippen LogP contribution < -0.4 is 5.73 Å². The Morgan fingerprint density at radius 1 is 1.04 bits per heavy atom. The maximum atomic E-state index is 6.18. The number of nitrogens with one attached hydrogen (secondary N) is 1. The summed E-state index contributed by atoms with van der Waals surface area (Å²) in [7, 11) is 0. The fraction of sp³-hybridized carbons (Fsp3) is 0.478. The highest BCUT2D eigenvalue weighted by molar-refractivity contribution is 5.87. The minimum Gasteiger partial charge on any atom is -0.382 e. The first-order valence-electron chi connectivity index (χ1n) is 10.7. The topological polar surface area (TPSA) is 70.8 Å². The Bertz CT molecular complexity index is 907. The summed E-state index contributed by atoms with van der Waals surface area (Å²) in [5.74, 6) is 1.42. The predicted molar refractivity (Wildman–Crippen MR) is 115 cm³/mol. The van der Waals surface area contributed by atoms with E-state index in [1.54, 1.807) is 0 Å². The van der Waals surface area contributed by atoms with Crippen LogP contribution in [-0.4, -0.2) is 32.9 Å². The Hall–Kier alpha value is -2.40. The third kappa shape index (κ3) is 4.36. The average molecular weight is 378 g/mol. The SMILES string of the molecule is CCCCCc1nc(N)c2[nH]cc(Cc3ccc(CN4CCCC4)cc3)c2n1. The average Bonchev–Trinajstić information content (AvgIpc) is 3.34. The predicted octanol–water partition coefficient (Wildman–Crippen LogP) is 4.46. The third-order valence-corrected chi connectivity index (χ3v) is 5.70. The van der Waals surface area contributed by atoms with E-state index in [-0.39, 0.29) is 0 Å². The Kier molecular flexibility index (Phi) is 5.91. The van der Waals surface area contributed by atoms with E-state index in [0.717, 1.165) is 42.7 Å². The van der Waals surface area contributed by atoms with Gasteiger partial charge in [0.2, 0.25) is 0 Å². The number of benzene rings is 1. The lowest BCUT2D eigenvalue weighted by atomic mass is 10.0. The molecular formula is C23H31N5. The van der Waals surface area contributed by atoms with Crippen LogP contribution in [0.5, 0.6) is 0 Å². The van der Waals surface area contributed by atoms with Gasteiger partial charge in [0.1, 0.15) is 11.3 Å². The molecule has 4 rings (SSSR count). The summed E-state index contributed by atoms with van der Waals surface area (Å²) in [6, 6.07) is 9.03. The zero-order valence-corrected chi connectivity index (χ0v) is 16.9. The number of hydrogen-bond donors (Lipinski definition) is 2. The van der Waals surface area contributed by atoms with Crippen molar-refractivity contribution in [1.82, 2.24) is 19.9 Å². The number of rotatable bonds is 8. The first kappa shape index (κ1) is 18.9. The van der Waals surface area contributed by atoms with Crippen LogP contribution in [0.25, 0.3) is 11.0 Å². The Morgan fingerprint density at radius 3 is 2.54 bits per heavy atom. The number of nitrogens with two attached hydrogens (primary N) is 1. The number of fused-ring (bicyclic) bond motifs is 1. The second-order valence-electron chi connectivity index (χ2n) is 8.00. The highest BCUT2D eigenvalue weighted by Gasteiger charge is 2.13. The van der Waals surface area contributed by atoms with Crippen LogP contribution in [0.1, 0.15) is 61.5 Å². The van der Waals surface area contributed by atoms with Crippen molar-refractivity contribution in [2.75, 3.05) is 18.8 Å². The number of nitrogens with zero attached hydrogens (tertiary/aromatic N) is 3. The molecular weight excluding hydrogens is 346 g/mol. The Morgan fingerprint density at radius 2 is 1.79 bits per heavy atom. The highest BCUT2D eigenvalue weighted by atomic mass is 15.1. The molecule has 28 heavy (non-hydrogen) atoms. The van der Waals surface area contributed by atoms with Crippen LogP contribution in [0.3, 0.4) is 0 Å². The van der Waals surface area contributed by atoms with Gasteiger partial charge in [-0.2, -0.15) is 0 Å². The standard InChI is InChI=1S/C23H31N5/c1-2-3-4-7-20-26-21-19(15-25-22(21)23(24)27-20)14-17-8-10-18(11-9-17)16-28-12-5-6-13-28/h8-11,15,25H,2-7,12-14,16H2,1H3,(H2,24,26,27). The molecule has 0 spiro atoms. The fourth-order valence-corrected chi connectivity index (χ4v) is 4.09. The van der Waals surface area contributed by atoms with Crippen molar-refractivity contribution in [2.24, 2.45) is 0 Å². The third-order valence-electron chi connectivity index (χ3n) is 5.70. The zero-order chi connectivity index (χ0) is 19.3. The molecule has 1 aliphatic heterocycles. The minimum absolute atomic E-state index is 0.559. The summed E-state index contributed by atoms with van der Waals surface area (Å²) in [5.41, 5.74) is 11.9. The van der Waals surface area contributed by atoms with Crippen LogP contribution in [-0.2, 0) is 19.4 Å². The van der Waals surface area contributed by atoms with Crippen molar-refractivity contribution in [1.29, 1.82) is 0 Å². The van der Waals surface area contributed by atoms with Gasteiger partial charge in [0.25, 0.3) is 0 Å². The number of H-pyrrole nitrogens is 1. The largest absolute Gasteiger partial charge is 0.382 e. The number of aromatic nitrogens is 3. The van der Waals surface area contributed by atoms with Crippen LogP contribution in [0.2, 0.25) is 0 Å². The van der Waals surface area contributed by atoms with Gasteiger partial charge in [0.05, 0.1) is 5.52 Å². The summed E-state index contributed by atoms with van der Waals surface area (Å²) in [5, 5.41) is 0. The molecule has 0 aliphatic carbocycles. The fourth-order valence-electron chi connectivity index (χ4n) is 4.09. The molecule has 0 atom stereocenters. The highest BCUT2D eigenvalue weighted by Crippen LogP contribution is 2.24. The van der Waals surface area contributed by atoms with Crippen molar-refractivity contribution in [3.05, 3.63) is 53.0 Å². The molecule has 5 nitrogen and oxygen atoms in total. The minimum atomic E-state index is 0.559. The molecule has 0 radical (unpaired) electrons. The van der Waals surface area contributed by atoms with Crippen LogP contribution in [0.15, 0.2) is 30.5 Å². The first-order valence-corrected chi connectivity index (χ1v) is 10.7. The van der Waals surface area contributed by atoms with Gasteiger partial charge in [0, 0.05) is 31.1 Å². The molecule has 0 saturated carbocycles. The number of unbranched alkanes of at least 4 members (excludes halogenated alkanes) is 2. The lowest BCUT2D eigenvalue weighted by Gasteiger charge is -2.14. The van der Waals surface area contributed by atoms with Gasteiger partial charge in [-0.05, 0) is 43.5 Å². The number of hydrogen-bond acceptors (Lipinski definition) is 4.